The van der Waals surface area contributed by atoms with E-state index in [0.717, 1.165) is 63.5 Å². The molecule has 36 heavy (non-hydrogen) atoms. The fourth-order valence-corrected chi connectivity index (χ4v) is 8.55. The molecule has 1 saturated heterocycles. The number of piperidine rings is 1. The van der Waals surface area contributed by atoms with Gasteiger partial charge in [0.05, 0.1) is 5.56 Å². The molecule has 0 bridgehead atoms. The maximum atomic E-state index is 13.4. The summed E-state index contributed by atoms with van der Waals surface area (Å²) in [6, 6.07) is 5.31. The predicted molar refractivity (Wildman–Crippen MR) is 131 cm³/mol. The number of amides is 2. The van der Waals surface area contributed by atoms with Crippen LogP contribution in [0.25, 0.3) is 0 Å². The lowest BCUT2D eigenvalue weighted by molar-refractivity contribution is -0.139. The summed E-state index contributed by atoms with van der Waals surface area (Å²) in [5, 5.41) is 2.81. The quantitative estimate of drug-likeness (QED) is 0.497. The van der Waals surface area contributed by atoms with Crippen LogP contribution >= 0.6 is 0 Å². The van der Waals surface area contributed by atoms with Crippen molar-refractivity contribution in [2.24, 2.45) is 34.5 Å². The van der Waals surface area contributed by atoms with E-state index in [1.54, 1.807) is 0 Å². The second-order valence-corrected chi connectivity index (χ2v) is 12.4. The average molecular weight is 501 g/mol. The minimum absolute atomic E-state index is 0.0130. The summed E-state index contributed by atoms with van der Waals surface area (Å²) in [5.74, 6) is 1.34. The minimum atomic E-state index is -4.44. The second kappa shape index (κ2) is 8.09. The van der Waals surface area contributed by atoms with E-state index in [-0.39, 0.29) is 34.2 Å². The number of nitrogens with zero attached hydrogens (tertiary/aromatic N) is 1. The Labute approximate surface area is 210 Å². The molecule has 1 N–H and O–H groups in total. The molecule has 5 aliphatic rings. The van der Waals surface area contributed by atoms with Crippen LogP contribution in [-0.2, 0) is 15.8 Å². The Balaban J connectivity index is 1.23. The third kappa shape index (κ3) is 3.63. The van der Waals surface area contributed by atoms with Gasteiger partial charge in [0.1, 0.15) is 0 Å². The number of alkyl halides is 3. The molecular weight excluding hydrogens is 465 g/mol. The summed E-state index contributed by atoms with van der Waals surface area (Å²) < 4.78 is 39.4. The van der Waals surface area contributed by atoms with Crippen molar-refractivity contribution in [2.75, 3.05) is 5.32 Å². The molecule has 1 heterocycles. The Morgan fingerprint density at radius 1 is 1.06 bits per heavy atom. The van der Waals surface area contributed by atoms with Gasteiger partial charge in [-0.05, 0) is 92.7 Å². The molecule has 1 aromatic rings. The van der Waals surface area contributed by atoms with E-state index < -0.39 is 11.7 Å². The van der Waals surface area contributed by atoms with Crippen molar-refractivity contribution >= 4 is 17.5 Å². The van der Waals surface area contributed by atoms with Crippen LogP contribution in [0.3, 0.4) is 0 Å². The maximum absolute atomic E-state index is 13.4. The summed E-state index contributed by atoms with van der Waals surface area (Å²) in [6.45, 7) is 4.60. The van der Waals surface area contributed by atoms with Crippen LogP contribution in [-0.4, -0.2) is 22.8 Å². The number of carbonyl (C=O) groups excluding carboxylic acids is 2. The first-order chi connectivity index (χ1) is 17.0. The van der Waals surface area contributed by atoms with Crippen LogP contribution < -0.4 is 5.32 Å². The summed E-state index contributed by atoms with van der Waals surface area (Å²) in [4.78, 5) is 28.3. The second-order valence-electron chi connectivity index (χ2n) is 12.4. The van der Waals surface area contributed by atoms with Gasteiger partial charge in [-0.15, -0.1) is 0 Å². The highest BCUT2D eigenvalue weighted by atomic mass is 19.4. The molecule has 7 heteroatoms. The third-order valence-electron chi connectivity index (χ3n) is 10.5. The molecular formula is C29H35F3N2O2. The van der Waals surface area contributed by atoms with Gasteiger partial charge in [0.15, 0.2) is 0 Å². The number of anilines is 1. The lowest BCUT2D eigenvalue weighted by atomic mass is 9.49. The number of hydrogen-bond acceptors (Lipinski definition) is 2. The average Bonchev–Trinajstić information content (AvgIpc) is 3.59. The molecule has 4 aliphatic carbocycles. The summed E-state index contributed by atoms with van der Waals surface area (Å²) in [6.07, 6.45) is 6.33. The zero-order valence-electron chi connectivity index (χ0n) is 21.0. The molecule has 0 spiro atoms. The Morgan fingerprint density at radius 2 is 1.83 bits per heavy atom. The lowest BCUT2D eigenvalue weighted by Crippen LogP contribution is -2.55. The number of allylic oxidation sites excluding steroid dienone is 2. The van der Waals surface area contributed by atoms with Crippen molar-refractivity contribution in [3.63, 3.8) is 0 Å². The fraction of sp³-hybridized carbons (Fsp3) is 0.655. The van der Waals surface area contributed by atoms with Crippen molar-refractivity contribution in [3.8, 4) is 0 Å². The molecule has 6 atom stereocenters. The summed E-state index contributed by atoms with van der Waals surface area (Å²) >= 11 is 0. The number of likely N-dealkylation sites (tertiary alicyclic amines) is 1. The molecule has 1 aliphatic heterocycles. The Bertz CT molecular complexity index is 1130. The molecule has 3 saturated carbocycles. The first kappa shape index (κ1) is 24.1. The van der Waals surface area contributed by atoms with E-state index in [9.17, 15) is 22.8 Å². The molecule has 0 aromatic heterocycles. The number of rotatable bonds is 3. The van der Waals surface area contributed by atoms with E-state index in [2.05, 4.69) is 30.1 Å². The molecule has 2 amide bonds. The van der Waals surface area contributed by atoms with E-state index in [1.807, 2.05) is 0 Å². The van der Waals surface area contributed by atoms with Crippen LogP contribution in [0.2, 0.25) is 0 Å². The van der Waals surface area contributed by atoms with Gasteiger partial charge < -0.3 is 10.2 Å². The third-order valence-corrected chi connectivity index (χ3v) is 10.5. The number of fused-ring (bicyclic) bond motifs is 5. The summed E-state index contributed by atoms with van der Waals surface area (Å²) in [7, 11) is 0. The van der Waals surface area contributed by atoms with Gasteiger partial charge in [-0.2, -0.15) is 13.2 Å². The minimum Gasteiger partial charge on any atom is -0.326 e. The van der Waals surface area contributed by atoms with E-state index in [0.29, 0.717) is 30.2 Å². The first-order valence-corrected chi connectivity index (χ1v) is 13.5. The monoisotopic (exact) mass is 500 g/mol. The molecule has 4 nitrogen and oxygen atoms in total. The predicted octanol–water partition coefficient (Wildman–Crippen LogP) is 6.78. The number of halogens is 3. The SMILES string of the molecule is C[C@]12CC[C@H]3[C@@H](CC=C4N(C5CC5)C(=O)CC[C@@]43C)[C@@H]1CC[C@@H]2C(=O)Nc1cccc(C(F)(F)F)c1. The van der Waals surface area contributed by atoms with Crippen molar-refractivity contribution in [2.45, 2.75) is 83.9 Å². The molecule has 6 rings (SSSR count). The normalized spacial score (nSPS) is 38.1. The zero-order valence-corrected chi connectivity index (χ0v) is 21.0. The number of hydrogen-bond donors (Lipinski definition) is 1. The number of nitrogens with one attached hydrogen (secondary N) is 1. The van der Waals surface area contributed by atoms with Gasteiger partial charge >= 0.3 is 6.18 Å². The number of benzene rings is 1. The van der Waals surface area contributed by atoms with Gasteiger partial charge in [0.25, 0.3) is 0 Å². The van der Waals surface area contributed by atoms with E-state index >= 15 is 0 Å². The van der Waals surface area contributed by atoms with Gasteiger partial charge in [0.2, 0.25) is 11.8 Å². The fourth-order valence-electron chi connectivity index (χ4n) is 8.55. The first-order valence-electron chi connectivity index (χ1n) is 13.5. The van der Waals surface area contributed by atoms with Crippen LogP contribution in [0.4, 0.5) is 18.9 Å². The highest BCUT2D eigenvalue weighted by molar-refractivity contribution is 5.93. The van der Waals surface area contributed by atoms with E-state index in [4.69, 9.17) is 0 Å². The van der Waals surface area contributed by atoms with Crippen LogP contribution in [0.15, 0.2) is 36.0 Å². The van der Waals surface area contributed by atoms with Gasteiger partial charge in [-0.1, -0.05) is 26.0 Å². The maximum Gasteiger partial charge on any atom is 0.416 e. The van der Waals surface area contributed by atoms with Crippen LogP contribution in [0.5, 0.6) is 0 Å². The highest BCUT2D eigenvalue weighted by Gasteiger charge is 2.61. The van der Waals surface area contributed by atoms with Crippen molar-refractivity contribution in [3.05, 3.63) is 41.6 Å². The Hall–Kier alpha value is -2.31. The number of carbonyl (C=O) groups is 2. The Morgan fingerprint density at radius 3 is 2.56 bits per heavy atom. The molecule has 4 fully saturated rings. The Kier molecular flexibility index (Phi) is 5.41. The molecule has 194 valence electrons. The van der Waals surface area contributed by atoms with Gasteiger partial charge in [-0.25, -0.2) is 0 Å². The largest absolute Gasteiger partial charge is 0.416 e. The molecule has 0 radical (unpaired) electrons. The molecule has 0 unspecified atom stereocenters. The topological polar surface area (TPSA) is 49.4 Å². The van der Waals surface area contributed by atoms with Crippen molar-refractivity contribution in [1.29, 1.82) is 0 Å². The summed E-state index contributed by atoms with van der Waals surface area (Å²) in [5.41, 5.74) is 0.581. The van der Waals surface area contributed by atoms with Crippen molar-refractivity contribution in [1.82, 2.24) is 4.90 Å². The van der Waals surface area contributed by atoms with Gasteiger partial charge in [0, 0.05) is 35.2 Å². The smallest absolute Gasteiger partial charge is 0.326 e. The highest BCUT2D eigenvalue weighted by Crippen LogP contribution is 2.66. The van der Waals surface area contributed by atoms with Crippen LogP contribution in [0.1, 0.15) is 77.2 Å². The lowest BCUT2D eigenvalue weighted by Gasteiger charge is -2.58. The van der Waals surface area contributed by atoms with Crippen LogP contribution in [0, 0.1) is 34.5 Å². The zero-order chi connectivity index (χ0) is 25.5. The van der Waals surface area contributed by atoms with Gasteiger partial charge in [-0.3, -0.25) is 9.59 Å². The van der Waals surface area contributed by atoms with E-state index in [1.165, 1.54) is 17.8 Å². The molecule has 1 aromatic carbocycles. The standard InChI is InChI=1S/C29H35F3N2O2/c1-27-14-12-22-20(8-11-24-28(22,2)15-13-25(35)34(24)19-6-7-19)21(27)9-10-23(27)26(36)33-18-5-3-4-17(16-18)29(30,31)32/h3-5,11,16,19-23H,6-10,12-15H2,1-2H3,(H,33,36)/t20-,21-,22-,23+,27-,28+/m0/s1. The van der Waals surface area contributed by atoms with Crippen molar-refractivity contribution < 1.29 is 22.8 Å².